The number of Topliss-reactive ketones (excluding diaryl/α,β-unsaturated/α-hetero) is 1. The van der Waals surface area contributed by atoms with Gasteiger partial charge in [0.2, 0.25) is 0 Å². The number of nitrogens with zero attached hydrogens (tertiary/aromatic N) is 1. The maximum atomic E-state index is 12.9. The number of nitrogens with two attached hydrogens (primary N) is 2. The van der Waals surface area contributed by atoms with Gasteiger partial charge in [0.25, 0.3) is 5.91 Å². The van der Waals surface area contributed by atoms with Gasteiger partial charge in [0.05, 0.1) is 5.56 Å². The summed E-state index contributed by atoms with van der Waals surface area (Å²) in [6.07, 6.45) is 6.23. The fourth-order valence-corrected chi connectivity index (χ4v) is 5.58. The Bertz CT molecular complexity index is 1200. The van der Waals surface area contributed by atoms with Gasteiger partial charge in [0.15, 0.2) is 5.78 Å². The van der Waals surface area contributed by atoms with E-state index in [1.807, 2.05) is 39.1 Å². The van der Waals surface area contributed by atoms with E-state index >= 15 is 0 Å². The Morgan fingerprint density at radius 3 is 2.43 bits per heavy atom. The molecule has 1 saturated carbocycles. The van der Waals surface area contributed by atoms with Crippen LogP contribution in [0.15, 0.2) is 24.4 Å². The molecule has 37 heavy (non-hydrogen) atoms. The van der Waals surface area contributed by atoms with Crippen molar-refractivity contribution in [1.82, 2.24) is 4.57 Å². The summed E-state index contributed by atoms with van der Waals surface area (Å²) in [7, 11) is 0. The molecule has 1 atom stereocenters. The molecule has 0 bridgehead atoms. The first kappa shape index (κ1) is 26.9. The first-order valence-corrected chi connectivity index (χ1v) is 13.3. The molecule has 1 fully saturated rings. The minimum atomic E-state index is -0.611. The van der Waals surface area contributed by atoms with Crippen LogP contribution in [0.1, 0.15) is 91.8 Å². The van der Waals surface area contributed by atoms with Gasteiger partial charge in [0.1, 0.15) is 12.1 Å². The number of carbonyl (C=O) groups is 3. The standard InChI is InChI=1S/C29H40N4O4/c1-16(2)26(30)28(36)37-20-9-6-18(7-10-20)32-22-12-19(8-11-21(22)27(31)35)33-15-17(3)25-23(33)13-29(4,5)14-24(25)34/h8,11-12,15-16,18,20,26,32H,6-7,9-10,13-14,30H2,1-5H3,(H2,31,35). The average molecular weight is 509 g/mol. The molecule has 1 aromatic carbocycles. The van der Waals surface area contributed by atoms with E-state index in [9.17, 15) is 14.4 Å². The van der Waals surface area contributed by atoms with Gasteiger partial charge in [0, 0.05) is 41.3 Å². The molecular formula is C29H40N4O4. The van der Waals surface area contributed by atoms with Crippen molar-refractivity contribution in [1.29, 1.82) is 0 Å². The molecule has 1 heterocycles. The summed E-state index contributed by atoms with van der Waals surface area (Å²) in [4.78, 5) is 37.4. The Balaban J connectivity index is 1.53. The fourth-order valence-electron chi connectivity index (χ4n) is 5.58. The van der Waals surface area contributed by atoms with E-state index in [-0.39, 0.29) is 35.2 Å². The van der Waals surface area contributed by atoms with Gasteiger partial charge in [-0.2, -0.15) is 0 Å². The Hall–Kier alpha value is -3.13. The van der Waals surface area contributed by atoms with Gasteiger partial charge >= 0.3 is 5.97 Å². The highest BCUT2D eigenvalue weighted by atomic mass is 16.5. The topological polar surface area (TPSA) is 129 Å². The Morgan fingerprint density at radius 1 is 1.14 bits per heavy atom. The number of ether oxygens (including phenoxy) is 1. The fraction of sp³-hybridized carbons (Fsp3) is 0.552. The zero-order chi connectivity index (χ0) is 27.1. The quantitative estimate of drug-likeness (QED) is 0.479. The molecule has 2 aliphatic rings. The molecule has 200 valence electrons. The van der Waals surface area contributed by atoms with Crippen LogP contribution in [0.4, 0.5) is 5.69 Å². The number of fused-ring (bicyclic) bond motifs is 1. The third kappa shape index (κ3) is 5.74. The minimum absolute atomic E-state index is 0.0314. The second-order valence-electron chi connectivity index (χ2n) is 11.9. The lowest BCUT2D eigenvalue weighted by Gasteiger charge is -2.31. The SMILES string of the molecule is Cc1cn(-c2ccc(C(N)=O)c(NC3CCC(OC(=O)C(N)C(C)C)CC3)c2)c2c1C(=O)CC(C)(C)C2. The van der Waals surface area contributed by atoms with Crippen molar-refractivity contribution in [2.45, 2.75) is 91.3 Å². The van der Waals surface area contributed by atoms with Crippen LogP contribution in [-0.2, 0) is 16.0 Å². The number of nitrogens with one attached hydrogen (secondary N) is 1. The van der Waals surface area contributed by atoms with Crippen molar-refractivity contribution >= 4 is 23.3 Å². The molecule has 0 aliphatic heterocycles. The number of aryl methyl sites for hydroxylation is 1. The lowest BCUT2D eigenvalue weighted by molar-refractivity contribution is -0.153. The third-order valence-electron chi connectivity index (χ3n) is 7.71. The summed E-state index contributed by atoms with van der Waals surface area (Å²) < 4.78 is 7.71. The highest BCUT2D eigenvalue weighted by molar-refractivity contribution is 6.01. The molecule has 0 saturated heterocycles. The van der Waals surface area contributed by atoms with E-state index in [1.165, 1.54) is 0 Å². The number of primary amides is 1. The average Bonchev–Trinajstić information content (AvgIpc) is 3.14. The number of amides is 1. The van der Waals surface area contributed by atoms with Crippen LogP contribution in [0.5, 0.6) is 0 Å². The largest absolute Gasteiger partial charge is 0.461 e. The zero-order valence-electron chi connectivity index (χ0n) is 22.6. The molecule has 8 nitrogen and oxygen atoms in total. The predicted octanol–water partition coefficient (Wildman–Crippen LogP) is 4.29. The van der Waals surface area contributed by atoms with E-state index in [2.05, 4.69) is 23.7 Å². The number of hydrogen-bond acceptors (Lipinski definition) is 6. The summed E-state index contributed by atoms with van der Waals surface area (Å²) in [5, 5.41) is 3.52. The third-order valence-corrected chi connectivity index (χ3v) is 7.71. The summed E-state index contributed by atoms with van der Waals surface area (Å²) in [6, 6.07) is 5.08. The molecule has 0 radical (unpaired) electrons. The minimum Gasteiger partial charge on any atom is -0.461 e. The summed E-state index contributed by atoms with van der Waals surface area (Å²) in [5.74, 6) is -0.631. The zero-order valence-corrected chi connectivity index (χ0v) is 22.6. The molecule has 1 aromatic heterocycles. The van der Waals surface area contributed by atoms with Crippen molar-refractivity contribution in [3.8, 4) is 5.69 Å². The van der Waals surface area contributed by atoms with Crippen molar-refractivity contribution in [3.05, 3.63) is 46.8 Å². The van der Waals surface area contributed by atoms with Crippen molar-refractivity contribution < 1.29 is 19.1 Å². The van der Waals surface area contributed by atoms with Gasteiger partial charge < -0.3 is 26.1 Å². The molecule has 8 heteroatoms. The monoisotopic (exact) mass is 508 g/mol. The number of ketones is 1. The number of esters is 1. The number of carbonyl (C=O) groups excluding carboxylic acids is 3. The normalized spacial score (nSPS) is 21.9. The summed E-state index contributed by atoms with van der Waals surface area (Å²) in [6.45, 7) is 10.0. The number of aromatic nitrogens is 1. The smallest absolute Gasteiger partial charge is 0.323 e. The van der Waals surface area contributed by atoms with Crippen LogP contribution < -0.4 is 16.8 Å². The number of anilines is 1. The predicted molar refractivity (Wildman–Crippen MR) is 144 cm³/mol. The van der Waals surface area contributed by atoms with Gasteiger partial charge in [-0.05, 0) is 74.1 Å². The highest BCUT2D eigenvalue weighted by Gasteiger charge is 2.35. The van der Waals surface area contributed by atoms with E-state index in [4.69, 9.17) is 16.2 Å². The van der Waals surface area contributed by atoms with Crippen LogP contribution in [0, 0.1) is 18.3 Å². The van der Waals surface area contributed by atoms with Crippen molar-refractivity contribution in [3.63, 3.8) is 0 Å². The molecule has 4 rings (SSSR count). The second-order valence-corrected chi connectivity index (χ2v) is 11.9. The van der Waals surface area contributed by atoms with Gasteiger partial charge in [-0.25, -0.2) is 0 Å². The molecular weight excluding hydrogens is 468 g/mol. The van der Waals surface area contributed by atoms with Crippen LogP contribution in [0.3, 0.4) is 0 Å². The van der Waals surface area contributed by atoms with Crippen molar-refractivity contribution in [2.24, 2.45) is 22.8 Å². The van der Waals surface area contributed by atoms with Gasteiger partial charge in [-0.1, -0.05) is 27.7 Å². The van der Waals surface area contributed by atoms with Gasteiger partial charge in [-0.15, -0.1) is 0 Å². The maximum Gasteiger partial charge on any atom is 0.323 e. The maximum absolute atomic E-state index is 12.9. The first-order chi connectivity index (χ1) is 17.4. The highest BCUT2D eigenvalue weighted by Crippen LogP contribution is 2.38. The van der Waals surface area contributed by atoms with Crippen LogP contribution in [0.25, 0.3) is 5.69 Å². The van der Waals surface area contributed by atoms with E-state index in [0.29, 0.717) is 17.7 Å². The van der Waals surface area contributed by atoms with Crippen molar-refractivity contribution in [2.75, 3.05) is 5.32 Å². The second kappa shape index (κ2) is 10.3. The van der Waals surface area contributed by atoms with E-state index in [0.717, 1.165) is 54.6 Å². The molecule has 1 amide bonds. The van der Waals surface area contributed by atoms with Crippen LogP contribution >= 0.6 is 0 Å². The number of benzene rings is 1. The Morgan fingerprint density at radius 2 is 1.81 bits per heavy atom. The van der Waals surface area contributed by atoms with Crippen LogP contribution in [-0.4, -0.2) is 40.4 Å². The molecule has 2 aromatic rings. The number of hydrogen-bond donors (Lipinski definition) is 3. The molecule has 1 unspecified atom stereocenters. The van der Waals surface area contributed by atoms with E-state index < -0.39 is 11.9 Å². The first-order valence-electron chi connectivity index (χ1n) is 13.3. The lowest BCUT2D eigenvalue weighted by Crippen LogP contribution is -2.40. The number of rotatable bonds is 7. The summed E-state index contributed by atoms with van der Waals surface area (Å²) in [5.41, 5.74) is 16.3. The van der Waals surface area contributed by atoms with Crippen LogP contribution in [0.2, 0.25) is 0 Å². The lowest BCUT2D eigenvalue weighted by atomic mass is 9.75. The molecule has 0 spiro atoms. The Labute approximate surface area is 219 Å². The Kier molecular flexibility index (Phi) is 7.51. The molecule has 5 N–H and O–H groups in total. The van der Waals surface area contributed by atoms with E-state index in [1.54, 1.807) is 6.07 Å². The summed E-state index contributed by atoms with van der Waals surface area (Å²) >= 11 is 0. The van der Waals surface area contributed by atoms with Gasteiger partial charge in [-0.3, -0.25) is 14.4 Å². The molecule has 2 aliphatic carbocycles.